The lowest BCUT2D eigenvalue weighted by molar-refractivity contribution is 0.121. The van der Waals surface area contributed by atoms with Gasteiger partial charge in [-0.2, -0.15) is 5.26 Å². The molecule has 1 aliphatic heterocycles. The first kappa shape index (κ1) is 10.9. The molecule has 0 aromatic carbocycles. The van der Waals surface area contributed by atoms with E-state index >= 15 is 0 Å². The predicted octanol–water partition coefficient (Wildman–Crippen LogP) is 1.49. The van der Waals surface area contributed by atoms with Crippen LogP contribution >= 0.6 is 0 Å². The van der Waals surface area contributed by atoms with Crippen molar-refractivity contribution in [1.82, 2.24) is 4.98 Å². The van der Waals surface area contributed by atoms with Crippen molar-refractivity contribution in [3.63, 3.8) is 0 Å². The van der Waals surface area contributed by atoms with E-state index in [1.807, 2.05) is 13.0 Å². The van der Waals surface area contributed by atoms with Crippen LogP contribution in [0.15, 0.2) is 12.3 Å². The average molecular weight is 217 g/mol. The second-order valence-electron chi connectivity index (χ2n) is 4.03. The van der Waals surface area contributed by atoms with Crippen molar-refractivity contribution in [2.75, 3.05) is 25.1 Å². The molecule has 1 aliphatic rings. The number of hydrogen-bond donors (Lipinski definition) is 0. The molecular weight excluding hydrogens is 202 g/mol. The zero-order chi connectivity index (χ0) is 11.5. The smallest absolute Gasteiger partial charge is 0.146 e. The summed E-state index contributed by atoms with van der Waals surface area (Å²) in [6.45, 7) is 3.67. The number of aryl methyl sites for hydroxylation is 1. The Morgan fingerprint density at radius 2 is 2.44 bits per heavy atom. The Kier molecular flexibility index (Phi) is 3.07. The van der Waals surface area contributed by atoms with Crippen LogP contribution in [0.4, 0.5) is 5.82 Å². The van der Waals surface area contributed by atoms with Gasteiger partial charge >= 0.3 is 0 Å². The van der Waals surface area contributed by atoms with Gasteiger partial charge < -0.3 is 9.64 Å². The third-order valence-electron chi connectivity index (χ3n) is 3.03. The van der Waals surface area contributed by atoms with Gasteiger partial charge in [-0.1, -0.05) is 0 Å². The molecular formula is C12H15N3O. The van der Waals surface area contributed by atoms with E-state index in [-0.39, 0.29) is 6.10 Å². The van der Waals surface area contributed by atoms with Gasteiger partial charge in [-0.25, -0.2) is 4.98 Å². The van der Waals surface area contributed by atoms with Gasteiger partial charge in [0.1, 0.15) is 11.9 Å². The molecule has 1 aromatic rings. The van der Waals surface area contributed by atoms with E-state index in [4.69, 9.17) is 10.00 Å². The molecule has 1 unspecified atom stereocenters. The Balaban J connectivity index is 2.28. The van der Waals surface area contributed by atoms with E-state index in [0.29, 0.717) is 5.56 Å². The largest absolute Gasteiger partial charge is 0.380 e. The van der Waals surface area contributed by atoms with Gasteiger partial charge in [-0.3, -0.25) is 0 Å². The SMILES string of the molecule is COC1CCN(c2nccc(C)c2C#N)C1. The number of aromatic nitrogens is 1. The minimum Gasteiger partial charge on any atom is -0.380 e. The van der Waals surface area contributed by atoms with Crippen LogP contribution in [-0.2, 0) is 4.74 Å². The maximum absolute atomic E-state index is 9.13. The molecule has 4 nitrogen and oxygen atoms in total. The standard InChI is InChI=1S/C12H15N3O/c1-9-3-5-14-12(11(9)7-13)15-6-4-10(8-15)16-2/h3,5,10H,4,6,8H2,1-2H3. The van der Waals surface area contributed by atoms with Gasteiger partial charge in [0.05, 0.1) is 11.7 Å². The molecule has 0 aliphatic carbocycles. The maximum atomic E-state index is 9.13. The third kappa shape index (κ3) is 1.86. The highest BCUT2D eigenvalue weighted by Crippen LogP contribution is 2.24. The lowest BCUT2D eigenvalue weighted by Gasteiger charge is -2.18. The summed E-state index contributed by atoms with van der Waals surface area (Å²) in [4.78, 5) is 6.43. The van der Waals surface area contributed by atoms with Gasteiger partial charge in [0.2, 0.25) is 0 Å². The van der Waals surface area contributed by atoms with Crippen molar-refractivity contribution in [3.8, 4) is 6.07 Å². The van der Waals surface area contributed by atoms with Gasteiger partial charge in [-0.05, 0) is 25.0 Å². The summed E-state index contributed by atoms with van der Waals surface area (Å²) >= 11 is 0. The minimum absolute atomic E-state index is 0.258. The van der Waals surface area contributed by atoms with Gasteiger partial charge in [0, 0.05) is 26.4 Å². The lowest BCUT2D eigenvalue weighted by atomic mass is 10.1. The molecule has 1 fully saturated rings. The van der Waals surface area contributed by atoms with Crippen molar-refractivity contribution >= 4 is 5.82 Å². The van der Waals surface area contributed by atoms with Crippen LogP contribution < -0.4 is 4.90 Å². The molecule has 84 valence electrons. The molecule has 16 heavy (non-hydrogen) atoms. The first-order chi connectivity index (χ1) is 7.76. The summed E-state index contributed by atoms with van der Waals surface area (Å²) < 4.78 is 5.31. The van der Waals surface area contributed by atoms with Crippen LogP contribution in [0.3, 0.4) is 0 Å². The van der Waals surface area contributed by atoms with Gasteiger partial charge in [0.15, 0.2) is 0 Å². The Labute approximate surface area is 95.5 Å². The molecule has 0 bridgehead atoms. The molecule has 0 saturated carbocycles. The molecule has 1 aromatic heterocycles. The molecule has 1 atom stereocenters. The van der Waals surface area contributed by atoms with Crippen LogP contribution in [0.1, 0.15) is 17.5 Å². The van der Waals surface area contributed by atoms with E-state index in [1.165, 1.54) is 0 Å². The van der Waals surface area contributed by atoms with Gasteiger partial charge in [-0.15, -0.1) is 0 Å². The number of nitrogens with zero attached hydrogens (tertiary/aromatic N) is 3. The normalized spacial score (nSPS) is 19.8. The summed E-state index contributed by atoms with van der Waals surface area (Å²) in [6, 6.07) is 4.10. The Morgan fingerprint density at radius 1 is 1.62 bits per heavy atom. The highest BCUT2D eigenvalue weighted by molar-refractivity contribution is 5.57. The highest BCUT2D eigenvalue weighted by atomic mass is 16.5. The fourth-order valence-electron chi connectivity index (χ4n) is 2.03. The Morgan fingerprint density at radius 3 is 3.06 bits per heavy atom. The molecule has 0 N–H and O–H groups in total. The molecule has 2 heterocycles. The van der Waals surface area contributed by atoms with Crippen LogP contribution in [-0.4, -0.2) is 31.3 Å². The summed E-state index contributed by atoms with van der Waals surface area (Å²) in [5.74, 6) is 0.794. The topological polar surface area (TPSA) is 49.1 Å². The summed E-state index contributed by atoms with van der Waals surface area (Å²) in [5, 5.41) is 9.13. The second kappa shape index (κ2) is 4.50. The second-order valence-corrected chi connectivity index (χ2v) is 4.03. The average Bonchev–Trinajstić information content (AvgIpc) is 2.77. The first-order valence-electron chi connectivity index (χ1n) is 5.39. The van der Waals surface area contributed by atoms with E-state index in [2.05, 4.69) is 16.0 Å². The quantitative estimate of drug-likeness (QED) is 0.753. The summed E-state index contributed by atoms with van der Waals surface area (Å²) in [7, 11) is 1.73. The number of methoxy groups -OCH3 is 1. The minimum atomic E-state index is 0.258. The maximum Gasteiger partial charge on any atom is 0.146 e. The summed E-state index contributed by atoms with van der Waals surface area (Å²) in [6.07, 6.45) is 3.01. The van der Waals surface area contributed by atoms with Crippen molar-refractivity contribution in [2.24, 2.45) is 0 Å². The number of pyridine rings is 1. The van der Waals surface area contributed by atoms with Crippen molar-refractivity contribution < 1.29 is 4.74 Å². The molecule has 0 radical (unpaired) electrons. The van der Waals surface area contributed by atoms with E-state index in [9.17, 15) is 0 Å². The van der Waals surface area contributed by atoms with Crippen LogP contribution in [0.5, 0.6) is 0 Å². The zero-order valence-corrected chi connectivity index (χ0v) is 9.60. The Bertz CT molecular complexity index is 425. The van der Waals surface area contributed by atoms with E-state index < -0.39 is 0 Å². The van der Waals surface area contributed by atoms with Crippen LogP contribution in [0.25, 0.3) is 0 Å². The lowest BCUT2D eigenvalue weighted by Crippen LogP contribution is -2.24. The summed E-state index contributed by atoms with van der Waals surface area (Å²) in [5.41, 5.74) is 1.66. The molecule has 0 amide bonds. The fourth-order valence-corrected chi connectivity index (χ4v) is 2.03. The van der Waals surface area contributed by atoms with E-state index in [0.717, 1.165) is 30.9 Å². The molecule has 0 spiro atoms. The monoisotopic (exact) mass is 217 g/mol. The molecule has 1 saturated heterocycles. The Hall–Kier alpha value is -1.60. The number of nitriles is 1. The number of rotatable bonds is 2. The number of anilines is 1. The first-order valence-corrected chi connectivity index (χ1v) is 5.39. The molecule has 2 rings (SSSR count). The zero-order valence-electron chi connectivity index (χ0n) is 9.60. The van der Waals surface area contributed by atoms with Crippen molar-refractivity contribution in [2.45, 2.75) is 19.4 Å². The molecule has 4 heteroatoms. The number of hydrogen-bond acceptors (Lipinski definition) is 4. The van der Waals surface area contributed by atoms with Crippen LogP contribution in [0, 0.1) is 18.3 Å². The van der Waals surface area contributed by atoms with Gasteiger partial charge in [0.25, 0.3) is 0 Å². The van der Waals surface area contributed by atoms with Crippen LogP contribution in [0.2, 0.25) is 0 Å². The fraction of sp³-hybridized carbons (Fsp3) is 0.500. The highest BCUT2D eigenvalue weighted by Gasteiger charge is 2.25. The third-order valence-corrected chi connectivity index (χ3v) is 3.03. The van der Waals surface area contributed by atoms with Crippen molar-refractivity contribution in [1.29, 1.82) is 5.26 Å². The predicted molar refractivity (Wildman–Crippen MR) is 61.3 cm³/mol. The number of ether oxygens (including phenoxy) is 1. The van der Waals surface area contributed by atoms with E-state index in [1.54, 1.807) is 13.3 Å². The van der Waals surface area contributed by atoms with Crippen molar-refractivity contribution in [3.05, 3.63) is 23.4 Å².